The fourth-order valence-electron chi connectivity index (χ4n) is 2.97. The molecule has 0 spiro atoms. The number of carbonyl (C=O) groups is 3. The molecule has 2 N–H and O–H groups in total. The zero-order valence-electron chi connectivity index (χ0n) is 16.6. The predicted octanol–water partition coefficient (Wildman–Crippen LogP) is 3.19. The van der Waals surface area contributed by atoms with Crippen LogP contribution in [0.4, 0.5) is 5.69 Å². The molecule has 1 heterocycles. The van der Waals surface area contributed by atoms with Crippen LogP contribution in [-0.2, 0) is 9.59 Å². The molecule has 6 heteroatoms. The normalized spacial score (nSPS) is 14.6. The van der Waals surface area contributed by atoms with E-state index in [4.69, 9.17) is 0 Å². The lowest BCUT2D eigenvalue weighted by Crippen LogP contribution is -2.36. The van der Waals surface area contributed by atoms with E-state index in [-0.39, 0.29) is 24.1 Å². The van der Waals surface area contributed by atoms with E-state index in [1.165, 1.54) is 0 Å². The summed E-state index contributed by atoms with van der Waals surface area (Å²) in [5, 5.41) is 5.68. The standard InChI is InChI=1S/C21H31N3O3/c1-21(2,3)20(27)22-13-9-12-18(25)23-17-11-6-5-10-16(17)19(26)24-14-7-4-8-15-24/h5-6,10-11H,4,7-9,12-15H2,1-3H3,(H,22,27)(H,23,25). The van der Waals surface area contributed by atoms with Crippen LogP contribution in [0.2, 0.25) is 0 Å². The molecule has 148 valence electrons. The van der Waals surface area contributed by atoms with Gasteiger partial charge in [-0.15, -0.1) is 0 Å². The van der Waals surface area contributed by atoms with Crippen LogP contribution in [0.25, 0.3) is 0 Å². The minimum Gasteiger partial charge on any atom is -0.356 e. The minimum atomic E-state index is -0.435. The van der Waals surface area contributed by atoms with Gasteiger partial charge in [-0.1, -0.05) is 32.9 Å². The summed E-state index contributed by atoms with van der Waals surface area (Å²) in [5.74, 6) is -0.206. The lowest BCUT2D eigenvalue weighted by Gasteiger charge is -2.27. The van der Waals surface area contributed by atoms with Gasteiger partial charge < -0.3 is 15.5 Å². The van der Waals surface area contributed by atoms with E-state index in [1.54, 1.807) is 12.1 Å². The molecule has 0 atom stereocenters. The second-order valence-electron chi connectivity index (χ2n) is 8.06. The van der Waals surface area contributed by atoms with Crippen LogP contribution >= 0.6 is 0 Å². The van der Waals surface area contributed by atoms with Crippen LogP contribution in [-0.4, -0.2) is 42.3 Å². The third-order valence-electron chi connectivity index (χ3n) is 4.62. The number of nitrogens with zero attached hydrogens (tertiary/aromatic N) is 1. The molecule has 1 aliphatic heterocycles. The highest BCUT2D eigenvalue weighted by Crippen LogP contribution is 2.20. The summed E-state index contributed by atoms with van der Waals surface area (Å²) < 4.78 is 0. The largest absolute Gasteiger partial charge is 0.356 e. The Kier molecular flexibility index (Phi) is 7.39. The van der Waals surface area contributed by atoms with Crippen molar-refractivity contribution in [1.82, 2.24) is 10.2 Å². The van der Waals surface area contributed by atoms with Gasteiger partial charge in [-0.2, -0.15) is 0 Å². The van der Waals surface area contributed by atoms with E-state index in [0.717, 1.165) is 32.4 Å². The van der Waals surface area contributed by atoms with Gasteiger partial charge in [-0.3, -0.25) is 14.4 Å². The molecular weight excluding hydrogens is 342 g/mol. The number of hydrogen-bond donors (Lipinski definition) is 2. The van der Waals surface area contributed by atoms with Gasteiger partial charge in [-0.25, -0.2) is 0 Å². The monoisotopic (exact) mass is 373 g/mol. The average molecular weight is 373 g/mol. The smallest absolute Gasteiger partial charge is 0.255 e. The van der Waals surface area contributed by atoms with Gasteiger partial charge in [0.05, 0.1) is 11.3 Å². The van der Waals surface area contributed by atoms with E-state index in [9.17, 15) is 14.4 Å². The third-order valence-corrected chi connectivity index (χ3v) is 4.62. The van der Waals surface area contributed by atoms with Crippen LogP contribution in [0.3, 0.4) is 0 Å². The second-order valence-corrected chi connectivity index (χ2v) is 8.06. The van der Waals surface area contributed by atoms with Gasteiger partial charge in [0.25, 0.3) is 5.91 Å². The number of hydrogen-bond acceptors (Lipinski definition) is 3. The molecule has 2 rings (SSSR count). The van der Waals surface area contributed by atoms with Crippen molar-refractivity contribution >= 4 is 23.4 Å². The molecule has 1 aromatic rings. The van der Waals surface area contributed by atoms with Gasteiger partial charge in [0.1, 0.15) is 0 Å². The predicted molar refractivity (Wildman–Crippen MR) is 107 cm³/mol. The number of likely N-dealkylation sites (tertiary alicyclic amines) is 1. The number of amides is 3. The summed E-state index contributed by atoms with van der Waals surface area (Å²) in [4.78, 5) is 38.7. The zero-order chi connectivity index (χ0) is 19.9. The highest BCUT2D eigenvalue weighted by molar-refractivity contribution is 6.03. The van der Waals surface area contributed by atoms with Gasteiger partial charge in [0.2, 0.25) is 11.8 Å². The molecule has 0 aliphatic carbocycles. The maximum absolute atomic E-state index is 12.8. The lowest BCUT2D eigenvalue weighted by atomic mass is 9.96. The number of benzene rings is 1. The molecule has 0 bridgehead atoms. The Hall–Kier alpha value is -2.37. The maximum atomic E-state index is 12.8. The Bertz CT molecular complexity index is 673. The molecule has 1 aliphatic rings. The summed E-state index contributed by atoms with van der Waals surface area (Å²) in [6.45, 7) is 7.56. The molecule has 3 amide bonds. The quantitative estimate of drug-likeness (QED) is 0.752. The van der Waals surface area contributed by atoms with Crippen LogP contribution in [0.1, 0.15) is 63.2 Å². The van der Waals surface area contributed by atoms with Crippen molar-refractivity contribution < 1.29 is 14.4 Å². The van der Waals surface area contributed by atoms with E-state index >= 15 is 0 Å². The minimum absolute atomic E-state index is 0.0250. The lowest BCUT2D eigenvalue weighted by molar-refractivity contribution is -0.128. The molecule has 27 heavy (non-hydrogen) atoms. The summed E-state index contributed by atoms with van der Waals surface area (Å²) in [5.41, 5.74) is 0.654. The van der Waals surface area contributed by atoms with Crippen molar-refractivity contribution in [3.05, 3.63) is 29.8 Å². The first-order valence-corrected chi connectivity index (χ1v) is 9.75. The summed E-state index contributed by atoms with van der Waals surface area (Å²) in [7, 11) is 0. The molecule has 0 aromatic heterocycles. The SMILES string of the molecule is CC(C)(C)C(=O)NCCCC(=O)Nc1ccccc1C(=O)N1CCCCC1. The summed E-state index contributed by atoms with van der Waals surface area (Å²) in [6, 6.07) is 7.15. The number of carbonyl (C=O) groups excluding carboxylic acids is 3. The maximum Gasteiger partial charge on any atom is 0.255 e. The van der Waals surface area contributed by atoms with E-state index in [0.29, 0.717) is 24.2 Å². The van der Waals surface area contributed by atoms with Crippen LogP contribution in [0.15, 0.2) is 24.3 Å². The molecule has 1 fully saturated rings. The second kappa shape index (κ2) is 9.53. The van der Waals surface area contributed by atoms with Crippen molar-refractivity contribution in [2.24, 2.45) is 5.41 Å². The fourth-order valence-corrected chi connectivity index (χ4v) is 2.97. The Balaban J connectivity index is 1.87. The molecule has 6 nitrogen and oxygen atoms in total. The molecule has 1 aromatic carbocycles. The first-order chi connectivity index (χ1) is 12.8. The first kappa shape index (κ1) is 20.9. The van der Waals surface area contributed by atoms with E-state index < -0.39 is 5.41 Å². The number of para-hydroxylation sites is 1. The fraction of sp³-hybridized carbons (Fsp3) is 0.571. The van der Waals surface area contributed by atoms with Gasteiger partial charge >= 0.3 is 0 Å². The molecule has 0 radical (unpaired) electrons. The molecule has 0 saturated carbocycles. The highest BCUT2D eigenvalue weighted by Gasteiger charge is 2.22. The Morgan fingerprint density at radius 1 is 1.04 bits per heavy atom. The first-order valence-electron chi connectivity index (χ1n) is 9.75. The number of rotatable bonds is 6. The van der Waals surface area contributed by atoms with Crippen LogP contribution in [0.5, 0.6) is 0 Å². The van der Waals surface area contributed by atoms with Crippen molar-refractivity contribution in [2.45, 2.75) is 52.9 Å². The van der Waals surface area contributed by atoms with E-state index in [1.807, 2.05) is 37.8 Å². The summed E-state index contributed by atoms with van der Waals surface area (Å²) >= 11 is 0. The van der Waals surface area contributed by atoms with Crippen molar-refractivity contribution in [2.75, 3.05) is 25.0 Å². The van der Waals surface area contributed by atoms with Crippen molar-refractivity contribution in [1.29, 1.82) is 0 Å². The Labute approximate surface area is 161 Å². The number of anilines is 1. The topological polar surface area (TPSA) is 78.5 Å². The van der Waals surface area contributed by atoms with Crippen LogP contribution < -0.4 is 10.6 Å². The van der Waals surface area contributed by atoms with Crippen molar-refractivity contribution in [3.63, 3.8) is 0 Å². The Morgan fingerprint density at radius 2 is 1.70 bits per heavy atom. The van der Waals surface area contributed by atoms with Crippen LogP contribution in [0, 0.1) is 5.41 Å². The molecule has 1 saturated heterocycles. The van der Waals surface area contributed by atoms with E-state index in [2.05, 4.69) is 10.6 Å². The Morgan fingerprint density at radius 3 is 2.37 bits per heavy atom. The number of nitrogens with one attached hydrogen (secondary N) is 2. The van der Waals surface area contributed by atoms with Gasteiger partial charge in [-0.05, 0) is 37.8 Å². The van der Waals surface area contributed by atoms with Crippen molar-refractivity contribution in [3.8, 4) is 0 Å². The molecular formula is C21H31N3O3. The third kappa shape index (κ3) is 6.38. The number of piperidine rings is 1. The highest BCUT2D eigenvalue weighted by atomic mass is 16.2. The summed E-state index contributed by atoms with van der Waals surface area (Å²) in [6.07, 6.45) is 4.06. The zero-order valence-corrected chi connectivity index (χ0v) is 16.6. The molecule has 0 unspecified atom stereocenters. The van der Waals surface area contributed by atoms with Gasteiger partial charge in [0.15, 0.2) is 0 Å². The average Bonchev–Trinajstić information content (AvgIpc) is 2.65. The van der Waals surface area contributed by atoms with Gasteiger partial charge in [0, 0.05) is 31.5 Å².